The molecule has 1 nitrogen and oxygen atoms in total. The summed E-state index contributed by atoms with van der Waals surface area (Å²) < 4.78 is 5.75. The predicted molar refractivity (Wildman–Crippen MR) is 53.0 cm³/mol. The van der Waals surface area contributed by atoms with Gasteiger partial charge in [0.2, 0.25) is 8.32 Å². The summed E-state index contributed by atoms with van der Waals surface area (Å²) in [6, 6.07) is 0. The Hall–Kier alpha value is -0.503. The highest BCUT2D eigenvalue weighted by molar-refractivity contribution is 6.70. The van der Waals surface area contributed by atoms with Crippen LogP contribution in [0.1, 0.15) is 13.8 Å². The lowest BCUT2D eigenvalue weighted by Crippen LogP contribution is -2.24. The average Bonchev–Trinajstić information content (AvgIpc) is 1.80. The number of hydrogen-bond donors (Lipinski definition) is 0. The van der Waals surface area contributed by atoms with Crippen molar-refractivity contribution >= 4 is 8.32 Å². The first kappa shape index (κ1) is 10.5. The Kier molecular flexibility index (Phi) is 3.59. The number of hydrogen-bond acceptors (Lipinski definition) is 1. The second-order valence-electron chi connectivity index (χ2n) is 3.78. The van der Waals surface area contributed by atoms with Gasteiger partial charge in [-0.1, -0.05) is 6.58 Å². The van der Waals surface area contributed by atoms with Gasteiger partial charge in [-0.15, -0.1) is 0 Å². The molecule has 0 saturated heterocycles. The van der Waals surface area contributed by atoms with Crippen LogP contribution in [0.2, 0.25) is 19.6 Å². The summed E-state index contributed by atoms with van der Waals surface area (Å²) in [5.41, 5.74) is 1.20. The van der Waals surface area contributed by atoms with Crippen molar-refractivity contribution in [3.63, 3.8) is 0 Å². The zero-order chi connectivity index (χ0) is 9.07. The normalized spacial score (nSPS) is 10.6. The van der Waals surface area contributed by atoms with E-state index >= 15 is 0 Å². The molecule has 0 aliphatic heterocycles. The SMILES string of the molecule is C=CC(O[Si](C)(C)C)=C(C)C. The van der Waals surface area contributed by atoms with Crippen LogP contribution in [0.4, 0.5) is 0 Å². The molecule has 0 aromatic carbocycles. The number of allylic oxidation sites excluding steroid dienone is 2. The summed E-state index contributed by atoms with van der Waals surface area (Å²) in [5.74, 6) is 0.948. The van der Waals surface area contributed by atoms with Crippen molar-refractivity contribution in [2.75, 3.05) is 0 Å². The first-order valence-corrected chi connectivity index (χ1v) is 7.26. The van der Waals surface area contributed by atoms with E-state index in [9.17, 15) is 0 Å². The van der Waals surface area contributed by atoms with Gasteiger partial charge in [-0.2, -0.15) is 0 Å². The highest BCUT2D eigenvalue weighted by atomic mass is 28.4. The number of rotatable bonds is 3. The summed E-state index contributed by atoms with van der Waals surface area (Å²) in [4.78, 5) is 0. The Morgan fingerprint density at radius 2 is 1.73 bits per heavy atom. The van der Waals surface area contributed by atoms with Crippen LogP contribution < -0.4 is 0 Å². The summed E-state index contributed by atoms with van der Waals surface area (Å²) >= 11 is 0. The predicted octanol–water partition coefficient (Wildman–Crippen LogP) is 3.32. The molecule has 64 valence electrons. The molecule has 0 atom stereocenters. The third-order valence-electron chi connectivity index (χ3n) is 1.09. The van der Waals surface area contributed by atoms with Crippen LogP contribution in [0.3, 0.4) is 0 Å². The van der Waals surface area contributed by atoms with Gasteiger partial charge in [0.25, 0.3) is 0 Å². The fourth-order valence-electron chi connectivity index (χ4n) is 0.678. The standard InChI is InChI=1S/C9H18OSi/c1-7-9(8(2)3)10-11(4,5)6/h7H,1H2,2-6H3. The molecular formula is C9H18OSi. The Morgan fingerprint density at radius 1 is 1.27 bits per heavy atom. The quantitative estimate of drug-likeness (QED) is 0.359. The van der Waals surface area contributed by atoms with Gasteiger partial charge in [0.15, 0.2) is 0 Å². The molecule has 0 heterocycles. The van der Waals surface area contributed by atoms with Crippen molar-refractivity contribution in [2.45, 2.75) is 33.5 Å². The lowest BCUT2D eigenvalue weighted by atomic mass is 10.3. The third kappa shape index (κ3) is 4.84. The van der Waals surface area contributed by atoms with Gasteiger partial charge >= 0.3 is 0 Å². The van der Waals surface area contributed by atoms with Crippen molar-refractivity contribution < 1.29 is 4.43 Å². The zero-order valence-electron chi connectivity index (χ0n) is 8.19. The lowest BCUT2D eigenvalue weighted by Gasteiger charge is -2.20. The van der Waals surface area contributed by atoms with Crippen molar-refractivity contribution in [2.24, 2.45) is 0 Å². The molecule has 2 heteroatoms. The molecule has 0 aliphatic rings. The van der Waals surface area contributed by atoms with E-state index in [-0.39, 0.29) is 0 Å². The van der Waals surface area contributed by atoms with Crippen LogP contribution in [0, 0.1) is 0 Å². The van der Waals surface area contributed by atoms with Gasteiger partial charge < -0.3 is 4.43 Å². The Balaban J connectivity index is 4.35. The maximum Gasteiger partial charge on any atom is 0.242 e. The van der Waals surface area contributed by atoms with E-state index in [0.717, 1.165) is 5.76 Å². The third-order valence-corrected chi connectivity index (χ3v) is 1.93. The molecule has 0 rings (SSSR count). The zero-order valence-corrected chi connectivity index (χ0v) is 9.19. The minimum Gasteiger partial charge on any atom is -0.544 e. The van der Waals surface area contributed by atoms with E-state index in [1.165, 1.54) is 5.57 Å². The van der Waals surface area contributed by atoms with Crippen molar-refractivity contribution in [1.82, 2.24) is 0 Å². The first-order valence-electron chi connectivity index (χ1n) is 3.86. The lowest BCUT2D eigenvalue weighted by molar-refractivity contribution is 0.435. The van der Waals surface area contributed by atoms with Crippen LogP contribution in [-0.2, 0) is 4.43 Å². The molecular weight excluding hydrogens is 152 g/mol. The molecule has 0 aliphatic carbocycles. The molecule has 0 aromatic rings. The maximum absolute atomic E-state index is 5.75. The minimum atomic E-state index is -1.43. The average molecular weight is 170 g/mol. The molecule has 0 bridgehead atoms. The summed E-state index contributed by atoms with van der Waals surface area (Å²) in [7, 11) is -1.43. The minimum absolute atomic E-state index is 0.948. The molecule has 0 radical (unpaired) electrons. The van der Waals surface area contributed by atoms with E-state index < -0.39 is 8.32 Å². The molecule has 0 fully saturated rings. The van der Waals surface area contributed by atoms with Crippen LogP contribution in [0.15, 0.2) is 24.0 Å². The van der Waals surface area contributed by atoms with Crippen LogP contribution >= 0.6 is 0 Å². The molecule has 11 heavy (non-hydrogen) atoms. The second kappa shape index (κ2) is 3.76. The fraction of sp³-hybridized carbons (Fsp3) is 0.556. The highest BCUT2D eigenvalue weighted by Gasteiger charge is 2.16. The molecule has 0 unspecified atom stereocenters. The molecule has 0 spiro atoms. The van der Waals surface area contributed by atoms with Crippen molar-refractivity contribution in [1.29, 1.82) is 0 Å². The fourth-order valence-corrected chi connectivity index (χ4v) is 1.62. The van der Waals surface area contributed by atoms with Crippen molar-refractivity contribution in [3.05, 3.63) is 24.0 Å². The smallest absolute Gasteiger partial charge is 0.242 e. The monoisotopic (exact) mass is 170 g/mol. The van der Waals surface area contributed by atoms with Gasteiger partial charge in [0, 0.05) is 0 Å². The van der Waals surface area contributed by atoms with E-state index in [1.807, 2.05) is 13.8 Å². The maximum atomic E-state index is 5.75. The Labute approximate surface area is 70.9 Å². The molecule has 0 N–H and O–H groups in total. The van der Waals surface area contributed by atoms with E-state index in [4.69, 9.17) is 4.43 Å². The Morgan fingerprint density at radius 3 is 1.82 bits per heavy atom. The van der Waals surface area contributed by atoms with E-state index in [0.29, 0.717) is 0 Å². The van der Waals surface area contributed by atoms with E-state index in [1.54, 1.807) is 6.08 Å². The van der Waals surface area contributed by atoms with Gasteiger partial charge in [-0.05, 0) is 45.1 Å². The highest BCUT2D eigenvalue weighted by Crippen LogP contribution is 2.14. The van der Waals surface area contributed by atoms with Gasteiger partial charge in [-0.3, -0.25) is 0 Å². The topological polar surface area (TPSA) is 9.23 Å². The van der Waals surface area contributed by atoms with Gasteiger partial charge in [-0.25, -0.2) is 0 Å². The summed E-state index contributed by atoms with van der Waals surface area (Å²) in [5, 5.41) is 0. The molecule has 0 amide bonds. The van der Waals surface area contributed by atoms with Crippen LogP contribution in [0.25, 0.3) is 0 Å². The van der Waals surface area contributed by atoms with Gasteiger partial charge in [0.05, 0.1) is 0 Å². The molecule has 0 saturated carbocycles. The first-order chi connectivity index (χ1) is 4.87. The van der Waals surface area contributed by atoms with Crippen molar-refractivity contribution in [3.8, 4) is 0 Å². The van der Waals surface area contributed by atoms with Crippen LogP contribution in [0.5, 0.6) is 0 Å². The second-order valence-corrected chi connectivity index (χ2v) is 8.21. The summed E-state index contributed by atoms with van der Waals surface area (Å²) in [6.45, 7) is 14.3. The van der Waals surface area contributed by atoms with Crippen LogP contribution in [-0.4, -0.2) is 8.32 Å². The largest absolute Gasteiger partial charge is 0.544 e. The Bertz CT molecular complexity index is 170. The van der Waals surface area contributed by atoms with E-state index in [2.05, 4.69) is 26.2 Å². The summed E-state index contributed by atoms with van der Waals surface area (Å²) in [6.07, 6.45) is 1.79. The molecule has 0 aromatic heterocycles. The van der Waals surface area contributed by atoms with Gasteiger partial charge in [0.1, 0.15) is 5.76 Å².